The third-order valence-corrected chi connectivity index (χ3v) is 6.40. The molecule has 7 heteroatoms. The number of carbonyl (C=O) groups is 2. The van der Waals surface area contributed by atoms with Crippen molar-refractivity contribution >= 4 is 17.4 Å². The molecule has 1 saturated heterocycles. The molecule has 0 spiro atoms. The van der Waals surface area contributed by atoms with Crippen molar-refractivity contribution in [2.45, 2.75) is 51.7 Å². The van der Waals surface area contributed by atoms with Crippen molar-refractivity contribution in [3.8, 4) is 11.5 Å². The van der Waals surface area contributed by atoms with Crippen molar-refractivity contribution in [2.75, 3.05) is 26.9 Å². The zero-order valence-corrected chi connectivity index (χ0v) is 20.6. The number of carbonyl (C=O) groups excluding carboxylic acids is 2. The van der Waals surface area contributed by atoms with E-state index >= 15 is 0 Å². The van der Waals surface area contributed by atoms with Crippen LogP contribution in [0, 0.1) is 0 Å². The maximum absolute atomic E-state index is 13.2. The lowest BCUT2D eigenvalue weighted by molar-refractivity contribution is -0.140. The van der Waals surface area contributed by atoms with E-state index < -0.39 is 17.7 Å². The maximum atomic E-state index is 13.2. The number of methoxy groups -OCH3 is 1. The number of hydrogen-bond acceptors (Lipinski definition) is 6. The normalized spacial score (nSPS) is 20.7. The fourth-order valence-electron chi connectivity index (χ4n) is 4.67. The van der Waals surface area contributed by atoms with Gasteiger partial charge in [0.2, 0.25) is 0 Å². The van der Waals surface area contributed by atoms with Gasteiger partial charge in [0, 0.05) is 32.2 Å². The van der Waals surface area contributed by atoms with Gasteiger partial charge in [-0.1, -0.05) is 25.5 Å². The molecular weight excluding hydrogens is 446 g/mol. The monoisotopic (exact) mass is 479 g/mol. The molecule has 186 valence electrons. The molecule has 2 aliphatic rings. The van der Waals surface area contributed by atoms with Crippen LogP contribution < -0.4 is 9.47 Å². The van der Waals surface area contributed by atoms with Crippen LogP contribution in [0.3, 0.4) is 0 Å². The number of likely N-dealkylation sites (tertiary alicyclic amines) is 1. The van der Waals surface area contributed by atoms with Gasteiger partial charge < -0.3 is 24.2 Å². The second-order valence-corrected chi connectivity index (χ2v) is 9.07. The molecule has 0 unspecified atom stereocenters. The van der Waals surface area contributed by atoms with Gasteiger partial charge in [0.1, 0.15) is 23.4 Å². The highest BCUT2D eigenvalue weighted by Gasteiger charge is 2.46. The van der Waals surface area contributed by atoms with Crippen LogP contribution >= 0.6 is 0 Å². The molecule has 2 aromatic carbocycles. The van der Waals surface area contributed by atoms with Crippen molar-refractivity contribution in [1.82, 2.24) is 4.90 Å². The van der Waals surface area contributed by atoms with Crippen LogP contribution in [-0.4, -0.2) is 54.7 Å². The number of rotatable bonds is 10. The van der Waals surface area contributed by atoms with Gasteiger partial charge in [0.15, 0.2) is 0 Å². The SMILES string of the molecule is CCCCOc1cccc([C@H]2/C(=C(\O)c3ccc4c(c3)C[C@H](C)O4)C(=O)C(=O)N2CCCOC)c1. The summed E-state index contributed by atoms with van der Waals surface area (Å²) in [4.78, 5) is 27.9. The largest absolute Gasteiger partial charge is 0.507 e. The summed E-state index contributed by atoms with van der Waals surface area (Å²) < 4.78 is 16.8. The third-order valence-electron chi connectivity index (χ3n) is 6.40. The Kier molecular flexibility index (Phi) is 7.76. The van der Waals surface area contributed by atoms with Crippen molar-refractivity contribution in [2.24, 2.45) is 0 Å². The van der Waals surface area contributed by atoms with Crippen LogP contribution in [0.4, 0.5) is 0 Å². The standard InChI is InChI=1S/C28H33NO6/c1-4-5-14-34-22-9-6-8-19(17-22)25-24(27(31)28(32)29(25)12-7-13-33-3)26(30)20-10-11-23-21(16-20)15-18(2)35-23/h6,8-11,16-18,25,30H,4-5,7,12-15H2,1-3H3/b26-24+/t18-,25-/m0/s1. The summed E-state index contributed by atoms with van der Waals surface area (Å²) in [5.74, 6) is -0.0395. The summed E-state index contributed by atoms with van der Waals surface area (Å²) in [5.41, 5.74) is 2.27. The van der Waals surface area contributed by atoms with E-state index in [-0.39, 0.29) is 17.4 Å². The Labute approximate surface area is 206 Å². The first-order valence-corrected chi connectivity index (χ1v) is 12.2. The quantitative estimate of drug-likeness (QED) is 0.231. The van der Waals surface area contributed by atoms with Crippen molar-refractivity contribution in [3.63, 3.8) is 0 Å². The number of ether oxygens (including phenoxy) is 3. The first-order chi connectivity index (χ1) is 16.9. The Hall–Kier alpha value is -3.32. The van der Waals surface area contributed by atoms with Crippen molar-refractivity contribution < 1.29 is 28.9 Å². The number of nitrogens with zero attached hydrogens (tertiary/aromatic N) is 1. The summed E-state index contributed by atoms with van der Waals surface area (Å²) in [7, 11) is 1.60. The van der Waals surface area contributed by atoms with E-state index in [0.29, 0.717) is 37.5 Å². The summed E-state index contributed by atoms with van der Waals surface area (Å²) in [6.07, 6.45) is 3.30. The number of aliphatic hydroxyl groups is 1. The number of Topliss-reactive ketones (excluding diaryl/α,β-unsaturated/α-hetero) is 1. The smallest absolute Gasteiger partial charge is 0.295 e. The van der Waals surface area contributed by atoms with Gasteiger partial charge in [-0.05, 0) is 61.2 Å². The minimum Gasteiger partial charge on any atom is -0.507 e. The summed E-state index contributed by atoms with van der Waals surface area (Å²) in [6.45, 7) is 5.46. The van der Waals surface area contributed by atoms with Crippen LogP contribution in [-0.2, 0) is 20.7 Å². The number of amides is 1. The van der Waals surface area contributed by atoms with Crippen LogP contribution in [0.25, 0.3) is 5.76 Å². The fourth-order valence-corrected chi connectivity index (χ4v) is 4.67. The first-order valence-electron chi connectivity index (χ1n) is 12.2. The molecule has 0 aromatic heterocycles. The highest BCUT2D eigenvalue weighted by molar-refractivity contribution is 6.46. The second kappa shape index (κ2) is 11.0. The topological polar surface area (TPSA) is 85.3 Å². The van der Waals surface area contributed by atoms with Gasteiger partial charge in [0.05, 0.1) is 18.2 Å². The molecule has 0 radical (unpaired) electrons. The molecule has 1 N–H and O–H groups in total. The lowest BCUT2D eigenvalue weighted by Crippen LogP contribution is -2.31. The molecule has 2 atom stereocenters. The van der Waals surface area contributed by atoms with Gasteiger partial charge in [-0.15, -0.1) is 0 Å². The number of fused-ring (bicyclic) bond motifs is 1. The van der Waals surface area contributed by atoms with E-state index in [1.165, 1.54) is 4.90 Å². The van der Waals surface area contributed by atoms with Crippen molar-refractivity contribution in [3.05, 3.63) is 64.7 Å². The zero-order chi connectivity index (χ0) is 24.9. The van der Waals surface area contributed by atoms with Crippen molar-refractivity contribution in [1.29, 1.82) is 0 Å². The highest BCUT2D eigenvalue weighted by Crippen LogP contribution is 2.41. The molecule has 7 nitrogen and oxygen atoms in total. The molecule has 4 rings (SSSR count). The number of ketones is 1. The summed E-state index contributed by atoms with van der Waals surface area (Å²) in [5, 5.41) is 11.4. The van der Waals surface area contributed by atoms with Crippen LogP contribution in [0.1, 0.15) is 55.8 Å². The minimum absolute atomic E-state index is 0.0595. The number of aliphatic hydroxyl groups excluding tert-OH is 1. The molecule has 1 amide bonds. The van der Waals surface area contributed by atoms with Crippen LogP contribution in [0.2, 0.25) is 0 Å². The maximum Gasteiger partial charge on any atom is 0.295 e. The molecule has 2 aliphatic heterocycles. The van der Waals surface area contributed by atoms with Crippen LogP contribution in [0.5, 0.6) is 11.5 Å². The summed E-state index contributed by atoms with van der Waals surface area (Å²) >= 11 is 0. The Morgan fingerprint density at radius 1 is 1.14 bits per heavy atom. The Morgan fingerprint density at radius 3 is 2.74 bits per heavy atom. The summed E-state index contributed by atoms with van der Waals surface area (Å²) in [6, 6.07) is 12.1. The number of benzene rings is 2. The number of unbranched alkanes of at least 4 members (excludes halogenated alkanes) is 1. The minimum atomic E-state index is -0.718. The van der Waals surface area contributed by atoms with E-state index in [1.807, 2.05) is 37.3 Å². The molecule has 1 fully saturated rings. The van der Waals surface area contributed by atoms with Crippen LogP contribution in [0.15, 0.2) is 48.0 Å². The predicted octanol–water partition coefficient (Wildman–Crippen LogP) is 4.65. The molecule has 35 heavy (non-hydrogen) atoms. The molecule has 2 heterocycles. The van der Waals surface area contributed by atoms with Gasteiger partial charge in [-0.2, -0.15) is 0 Å². The zero-order valence-electron chi connectivity index (χ0n) is 20.6. The van der Waals surface area contributed by atoms with E-state index in [1.54, 1.807) is 19.2 Å². The molecule has 0 saturated carbocycles. The number of hydrogen-bond donors (Lipinski definition) is 1. The Balaban J connectivity index is 1.76. The van der Waals surface area contributed by atoms with E-state index in [0.717, 1.165) is 36.1 Å². The highest BCUT2D eigenvalue weighted by atomic mass is 16.5. The van der Waals surface area contributed by atoms with Gasteiger partial charge in [-0.25, -0.2) is 0 Å². The van der Waals surface area contributed by atoms with Gasteiger partial charge >= 0.3 is 0 Å². The molecule has 2 aromatic rings. The third kappa shape index (κ3) is 5.20. The van der Waals surface area contributed by atoms with Gasteiger partial charge in [0.25, 0.3) is 11.7 Å². The lowest BCUT2D eigenvalue weighted by Gasteiger charge is -2.25. The Bertz CT molecular complexity index is 1120. The average Bonchev–Trinajstić information content (AvgIpc) is 3.35. The molecule has 0 bridgehead atoms. The fraction of sp³-hybridized carbons (Fsp3) is 0.429. The average molecular weight is 480 g/mol. The Morgan fingerprint density at radius 2 is 1.97 bits per heavy atom. The lowest BCUT2D eigenvalue weighted by atomic mass is 9.94. The second-order valence-electron chi connectivity index (χ2n) is 9.07. The van der Waals surface area contributed by atoms with Gasteiger partial charge in [-0.3, -0.25) is 9.59 Å². The van der Waals surface area contributed by atoms with E-state index in [4.69, 9.17) is 14.2 Å². The predicted molar refractivity (Wildman–Crippen MR) is 133 cm³/mol. The molecule has 0 aliphatic carbocycles. The first kappa shape index (κ1) is 24.8. The molecular formula is C28H33NO6. The van der Waals surface area contributed by atoms with E-state index in [9.17, 15) is 14.7 Å². The van der Waals surface area contributed by atoms with E-state index in [2.05, 4.69) is 6.92 Å².